The van der Waals surface area contributed by atoms with Gasteiger partial charge in [-0.1, -0.05) is 37.3 Å². The first kappa shape index (κ1) is 20.3. The van der Waals surface area contributed by atoms with Crippen molar-refractivity contribution in [1.29, 1.82) is 0 Å². The van der Waals surface area contributed by atoms with Crippen LogP contribution in [0.15, 0.2) is 48.7 Å². The molecule has 0 aliphatic carbocycles. The monoisotopic (exact) mass is 432 g/mol. The van der Waals surface area contributed by atoms with E-state index in [1.807, 2.05) is 37.3 Å². The van der Waals surface area contributed by atoms with Crippen LogP contribution < -0.4 is 10.2 Å². The van der Waals surface area contributed by atoms with Crippen LogP contribution in [0.2, 0.25) is 0 Å². The van der Waals surface area contributed by atoms with E-state index in [0.29, 0.717) is 23.9 Å². The Labute approximate surface area is 175 Å². The first-order valence-electron chi connectivity index (χ1n) is 9.52. The van der Waals surface area contributed by atoms with Gasteiger partial charge in [-0.2, -0.15) is 13.2 Å². The van der Waals surface area contributed by atoms with Crippen molar-refractivity contribution in [3.05, 3.63) is 59.1 Å². The summed E-state index contributed by atoms with van der Waals surface area (Å²) in [5, 5.41) is 3.38. The van der Waals surface area contributed by atoms with E-state index in [2.05, 4.69) is 15.3 Å². The van der Waals surface area contributed by atoms with Crippen LogP contribution in [0.25, 0.3) is 11.3 Å². The van der Waals surface area contributed by atoms with Crippen molar-refractivity contribution < 1.29 is 18.0 Å². The summed E-state index contributed by atoms with van der Waals surface area (Å²) in [7, 11) is 0. The van der Waals surface area contributed by atoms with E-state index >= 15 is 0 Å². The molecule has 156 valence electrons. The lowest BCUT2D eigenvalue weighted by atomic mass is 10.0. The van der Waals surface area contributed by atoms with Gasteiger partial charge in [0, 0.05) is 23.2 Å². The quantitative estimate of drug-likeness (QED) is 0.616. The number of thiazole rings is 1. The van der Waals surface area contributed by atoms with Crippen LogP contribution >= 0.6 is 11.3 Å². The van der Waals surface area contributed by atoms with Gasteiger partial charge in [0.05, 0.1) is 11.3 Å². The highest BCUT2D eigenvalue weighted by Crippen LogP contribution is 2.34. The predicted molar refractivity (Wildman–Crippen MR) is 111 cm³/mol. The number of nitrogens with zero attached hydrogens (tertiary/aromatic N) is 3. The number of carbonyl (C=O) groups excluding carboxylic acids is 1. The van der Waals surface area contributed by atoms with E-state index in [-0.39, 0.29) is 5.91 Å². The van der Waals surface area contributed by atoms with Gasteiger partial charge in [0.2, 0.25) is 5.91 Å². The van der Waals surface area contributed by atoms with Crippen molar-refractivity contribution in [2.24, 2.45) is 0 Å². The second kappa shape index (κ2) is 8.06. The molecule has 2 aromatic heterocycles. The lowest BCUT2D eigenvalue weighted by molar-refractivity contribution is -0.137. The topological polar surface area (TPSA) is 58.1 Å². The minimum absolute atomic E-state index is 0.237. The van der Waals surface area contributed by atoms with Crippen molar-refractivity contribution in [1.82, 2.24) is 9.97 Å². The third-order valence-corrected chi connectivity index (χ3v) is 6.10. The number of carbonyl (C=O) groups is 1. The highest BCUT2D eigenvalue weighted by molar-refractivity contribution is 7.16. The molecule has 1 atom stereocenters. The van der Waals surface area contributed by atoms with Crippen molar-refractivity contribution in [3.63, 3.8) is 0 Å². The van der Waals surface area contributed by atoms with Gasteiger partial charge < -0.3 is 10.2 Å². The minimum Gasteiger partial charge on any atom is -0.344 e. The van der Waals surface area contributed by atoms with Crippen molar-refractivity contribution in [2.75, 3.05) is 16.8 Å². The van der Waals surface area contributed by atoms with Gasteiger partial charge in [0.25, 0.3) is 0 Å². The van der Waals surface area contributed by atoms with Crippen molar-refractivity contribution in [2.45, 2.75) is 32.0 Å². The number of anilines is 2. The molecule has 0 radical (unpaired) electrons. The van der Waals surface area contributed by atoms with Gasteiger partial charge in [-0.15, -0.1) is 11.3 Å². The summed E-state index contributed by atoms with van der Waals surface area (Å²) in [6.07, 6.45) is -2.24. The molecule has 3 aromatic rings. The van der Waals surface area contributed by atoms with Crippen LogP contribution in [-0.2, 0) is 17.4 Å². The van der Waals surface area contributed by atoms with Crippen LogP contribution in [-0.4, -0.2) is 28.5 Å². The lowest BCUT2D eigenvalue weighted by Gasteiger charge is -2.40. The average Bonchev–Trinajstić information content (AvgIpc) is 3.10. The summed E-state index contributed by atoms with van der Waals surface area (Å²) in [6, 6.07) is 11.6. The van der Waals surface area contributed by atoms with Crippen molar-refractivity contribution in [3.8, 4) is 11.3 Å². The SMILES string of the molecule is CCc1sc(NC(=O)C2CCN2c2ccc(C(F)(F)F)cn2)nc1-c1ccccc1. The lowest BCUT2D eigenvalue weighted by Crippen LogP contribution is -2.54. The number of amides is 1. The fraction of sp³-hybridized carbons (Fsp3) is 0.286. The highest BCUT2D eigenvalue weighted by atomic mass is 32.1. The third kappa shape index (κ3) is 4.02. The number of alkyl halides is 3. The number of nitrogens with one attached hydrogen (secondary N) is 1. The second-order valence-electron chi connectivity index (χ2n) is 6.90. The Morgan fingerprint density at radius 2 is 2.00 bits per heavy atom. The normalized spacial score (nSPS) is 16.3. The fourth-order valence-corrected chi connectivity index (χ4v) is 4.24. The zero-order valence-electron chi connectivity index (χ0n) is 16.1. The number of aryl methyl sites for hydroxylation is 1. The smallest absolute Gasteiger partial charge is 0.344 e. The van der Waals surface area contributed by atoms with Crippen LogP contribution in [0.3, 0.4) is 0 Å². The Kier molecular flexibility index (Phi) is 5.46. The van der Waals surface area contributed by atoms with Crippen LogP contribution in [0.1, 0.15) is 23.8 Å². The van der Waals surface area contributed by atoms with Crippen LogP contribution in [0, 0.1) is 0 Å². The molecule has 0 saturated carbocycles. The molecular weight excluding hydrogens is 413 g/mol. The van der Waals surface area contributed by atoms with Crippen LogP contribution in [0.4, 0.5) is 24.1 Å². The summed E-state index contributed by atoms with van der Waals surface area (Å²) in [6.45, 7) is 2.60. The number of hydrogen-bond acceptors (Lipinski definition) is 5. The summed E-state index contributed by atoms with van der Waals surface area (Å²) >= 11 is 1.43. The Hall–Kier alpha value is -2.94. The van der Waals surface area contributed by atoms with E-state index in [1.54, 1.807) is 4.90 Å². The van der Waals surface area contributed by atoms with E-state index < -0.39 is 17.8 Å². The number of rotatable bonds is 5. The molecule has 1 saturated heterocycles. The van der Waals surface area contributed by atoms with Crippen molar-refractivity contribution >= 4 is 28.2 Å². The molecule has 30 heavy (non-hydrogen) atoms. The minimum atomic E-state index is -4.43. The molecular formula is C21H19F3N4OS. The molecule has 0 bridgehead atoms. The molecule has 1 aromatic carbocycles. The number of hydrogen-bond donors (Lipinski definition) is 1. The zero-order chi connectivity index (χ0) is 21.3. The van der Waals surface area contributed by atoms with Gasteiger partial charge in [-0.3, -0.25) is 4.79 Å². The number of aromatic nitrogens is 2. The molecule has 1 aliphatic heterocycles. The van der Waals surface area contributed by atoms with E-state index in [9.17, 15) is 18.0 Å². The summed E-state index contributed by atoms with van der Waals surface area (Å²) in [5.74, 6) is 0.117. The molecule has 1 unspecified atom stereocenters. The molecule has 3 heterocycles. The summed E-state index contributed by atoms with van der Waals surface area (Å²) < 4.78 is 38.2. The van der Waals surface area contributed by atoms with E-state index in [4.69, 9.17) is 0 Å². The summed E-state index contributed by atoms with van der Waals surface area (Å²) in [4.78, 5) is 24.0. The maximum atomic E-state index is 12.8. The first-order valence-corrected chi connectivity index (χ1v) is 10.3. The van der Waals surface area contributed by atoms with E-state index in [0.717, 1.165) is 34.8 Å². The molecule has 1 amide bonds. The van der Waals surface area contributed by atoms with Gasteiger partial charge in [0.15, 0.2) is 5.13 Å². The number of benzene rings is 1. The molecule has 9 heteroatoms. The largest absolute Gasteiger partial charge is 0.417 e. The molecule has 4 rings (SSSR count). The Bertz CT molecular complexity index is 1030. The second-order valence-corrected chi connectivity index (χ2v) is 7.98. The summed E-state index contributed by atoms with van der Waals surface area (Å²) in [5.41, 5.74) is 1.04. The fourth-order valence-electron chi connectivity index (χ4n) is 3.31. The predicted octanol–water partition coefficient (Wildman–Crippen LogP) is 5.00. The number of pyridine rings is 1. The maximum absolute atomic E-state index is 12.8. The average molecular weight is 432 g/mol. The number of halogens is 3. The molecule has 5 nitrogen and oxygen atoms in total. The van der Waals surface area contributed by atoms with Gasteiger partial charge >= 0.3 is 6.18 Å². The first-order chi connectivity index (χ1) is 14.4. The molecule has 1 aliphatic rings. The van der Waals surface area contributed by atoms with Crippen LogP contribution in [0.5, 0.6) is 0 Å². The zero-order valence-corrected chi connectivity index (χ0v) is 16.9. The maximum Gasteiger partial charge on any atom is 0.417 e. The van der Waals surface area contributed by atoms with E-state index in [1.165, 1.54) is 17.4 Å². The Balaban J connectivity index is 1.47. The molecule has 1 N–H and O–H groups in total. The van der Waals surface area contributed by atoms with Gasteiger partial charge in [-0.25, -0.2) is 9.97 Å². The Morgan fingerprint density at radius 3 is 2.57 bits per heavy atom. The molecule has 0 spiro atoms. The third-order valence-electron chi connectivity index (χ3n) is 4.99. The van der Waals surface area contributed by atoms with Gasteiger partial charge in [-0.05, 0) is 25.0 Å². The Morgan fingerprint density at radius 1 is 1.23 bits per heavy atom. The van der Waals surface area contributed by atoms with Gasteiger partial charge in [0.1, 0.15) is 11.9 Å². The highest BCUT2D eigenvalue weighted by Gasteiger charge is 2.36. The standard InChI is InChI=1S/C21H19F3N4OS/c1-2-16-18(13-6-4-3-5-7-13)26-20(30-16)27-19(29)15-10-11-28(15)17-9-8-14(12-25-17)21(22,23)24/h3-9,12,15H,2,10-11H2,1H3,(H,26,27,29). The molecule has 1 fully saturated rings.